The first-order chi connectivity index (χ1) is 1.00. The van der Waals surface area contributed by atoms with E-state index in [0.29, 0.717) is 0 Å². The van der Waals surface area contributed by atoms with Crippen molar-refractivity contribution in [2.75, 3.05) is 7.11 Å². The van der Waals surface area contributed by atoms with Crippen LogP contribution in [0.25, 0.3) is 0 Å². The summed E-state index contributed by atoms with van der Waals surface area (Å²) in [4.78, 5) is 0. The second-order valence-electron chi connectivity index (χ2n) is 0. The molecule has 0 unspecified atom stereocenters. The van der Waals surface area contributed by atoms with Crippen LogP contribution in [0.3, 0.4) is 0 Å². The zero-order chi connectivity index (χ0) is 2.00. The fourth-order valence-corrected chi connectivity index (χ4v) is 0. The highest BCUT2D eigenvalue weighted by atomic mass is 35.5. The van der Waals surface area contributed by atoms with Crippen LogP contribution in [0.4, 0.5) is 0 Å². The molecular weight excluding hydrogens is 75.5 g/mol. The van der Waals surface area contributed by atoms with E-state index in [4.69, 9.17) is 5.11 Å². The van der Waals surface area contributed by atoms with Gasteiger partial charge in [-0.05, 0) is 0 Å². The van der Waals surface area contributed by atoms with Gasteiger partial charge in [-0.3, -0.25) is 0 Å². The first kappa shape index (κ1) is 28.7. The first-order valence-electron chi connectivity index (χ1n) is 0.447. The van der Waals surface area contributed by atoms with E-state index >= 15 is 0 Å². The molecule has 2 heteroatoms. The van der Waals surface area contributed by atoms with Crippen molar-refractivity contribution in [3.8, 4) is 0 Å². The Bertz CT molecular complexity index is 6.00. The fraction of sp³-hybridized carbons (Fsp3) is 1.00. The van der Waals surface area contributed by atoms with Crippen LogP contribution in [-0.4, -0.2) is 12.2 Å². The molecule has 1 nitrogen and oxygen atoms in total. The molecule has 0 heterocycles. The van der Waals surface area contributed by atoms with E-state index in [1.54, 1.807) is 0 Å². The van der Waals surface area contributed by atoms with Crippen LogP contribution < -0.4 is 0 Å². The Labute approximate surface area is 33.1 Å². The number of hydrogen-bond donors (Lipinski definition) is 1. The van der Waals surface area contributed by atoms with Gasteiger partial charge in [0.25, 0.3) is 0 Å². The summed E-state index contributed by atoms with van der Waals surface area (Å²) < 4.78 is 0. The maximum atomic E-state index is 7.00. The molecule has 0 rings (SSSR count). The molecule has 0 amide bonds. The summed E-state index contributed by atoms with van der Waals surface area (Å²) in [5.41, 5.74) is 0. The molecule has 0 radical (unpaired) electrons. The monoisotopic (exact) mass is 84.0 g/mol. The molecule has 1 N–H and O–H groups in total. The van der Waals surface area contributed by atoms with Crippen LogP contribution in [-0.2, 0) is 0 Å². The maximum Gasteiger partial charge on any atom is 0.0319 e. The molecule has 0 bridgehead atoms. The standard InChI is InChI=1S/CH4O.CH4.ClH/c1-2;;/h2H,1H3;1H4;1H. The van der Waals surface area contributed by atoms with E-state index < -0.39 is 0 Å². The largest absolute Gasteiger partial charge is 0.400 e. The van der Waals surface area contributed by atoms with Crippen molar-refractivity contribution >= 4 is 12.4 Å². The third-order valence-corrected chi connectivity index (χ3v) is 0. The van der Waals surface area contributed by atoms with E-state index in [1.807, 2.05) is 0 Å². The van der Waals surface area contributed by atoms with Crippen molar-refractivity contribution in [2.24, 2.45) is 0 Å². The SMILES string of the molecule is C.CO.Cl. The molecule has 0 aromatic heterocycles. The molecule has 0 aliphatic rings. The summed E-state index contributed by atoms with van der Waals surface area (Å²) >= 11 is 0. The van der Waals surface area contributed by atoms with Crippen molar-refractivity contribution in [1.29, 1.82) is 0 Å². The van der Waals surface area contributed by atoms with Crippen molar-refractivity contribution in [3.05, 3.63) is 0 Å². The highest BCUT2D eigenvalue weighted by Gasteiger charge is 0.839. The zero-order valence-electron chi connectivity index (χ0n) is 1.86. The molecule has 0 aromatic rings. The van der Waals surface area contributed by atoms with E-state index in [0.717, 1.165) is 7.11 Å². The average molecular weight is 84.5 g/mol. The molecule has 0 aromatic carbocycles. The summed E-state index contributed by atoms with van der Waals surface area (Å²) in [6, 6.07) is 0. The summed E-state index contributed by atoms with van der Waals surface area (Å²) in [5.74, 6) is 0. The Kier molecular flexibility index (Phi) is 1890. The molecule has 4 heavy (non-hydrogen) atoms. The van der Waals surface area contributed by atoms with Crippen LogP contribution in [0.2, 0.25) is 0 Å². The molecule has 0 fully saturated rings. The number of halogens is 1. The summed E-state index contributed by atoms with van der Waals surface area (Å²) in [7, 11) is 1.00. The highest BCUT2D eigenvalue weighted by Crippen LogP contribution is 0.755. The second kappa shape index (κ2) is 263. The predicted molar refractivity (Wildman–Crippen MR) is 22.1 cm³/mol. The third-order valence-electron chi connectivity index (χ3n) is 0. The van der Waals surface area contributed by atoms with Gasteiger partial charge in [-0.15, -0.1) is 12.4 Å². The number of rotatable bonds is 0. The van der Waals surface area contributed by atoms with Gasteiger partial charge in [0.15, 0.2) is 0 Å². The van der Waals surface area contributed by atoms with Gasteiger partial charge in [-0.1, -0.05) is 7.43 Å². The Morgan fingerprint density at radius 1 is 1.25 bits per heavy atom. The molecule has 0 saturated carbocycles. The lowest BCUT2D eigenvalue weighted by atomic mass is 11.8. The van der Waals surface area contributed by atoms with Gasteiger partial charge >= 0.3 is 0 Å². The second-order valence-corrected chi connectivity index (χ2v) is 0. The molecule has 30 valence electrons. The summed E-state index contributed by atoms with van der Waals surface area (Å²) in [6.45, 7) is 0. The van der Waals surface area contributed by atoms with Gasteiger partial charge in [-0.2, -0.15) is 0 Å². The summed E-state index contributed by atoms with van der Waals surface area (Å²) in [6.07, 6.45) is 0. The Hall–Kier alpha value is 0.250. The van der Waals surface area contributed by atoms with Gasteiger partial charge < -0.3 is 5.11 Å². The highest BCUT2D eigenvalue weighted by molar-refractivity contribution is 5.85. The molecular formula is C2H9ClO. The van der Waals surface area contributed by atoms with Crippen LogP contribution in [0.5, 0.6) is 0 Å². The van der Waals surface area contributed by atoms with Crippen LogP contribution in [0, 0.1) is 0 Å². The fourth-order valence-electron chi connectivity index (χ4n) is 0. The molecule has 0 saturated heterocycles. The molecule has 0 aliphatic carbocycles. The van der Waals surface area contributed by atoms with Gasteiger partial charge in [-0.25, -0.2) is 0 Å². The maximum absolute atomic E-state index is 7.00. The van der Waals surface area contributed by atoms with E-state index in [1.165, 1.54) is 0 Å². The minimum Gasteiger partial charge on any atom is -0.400 e. The molecule has 0 atom stereocenters. The average Bonchev–Trinajstić information content (AvgIpc) is 1.00. The van der Waals surface area contributed by atoms with Crippen molar-refractivity contribution in [3.63, 3.8) is 0 Å². The topological polar surface area (TPSA) is 20.2 Å². The normalized spacial score (nSPS) is 1.50. The third kappa shape index (κ3) is 56.3. The van der Waals surface area contributed by atoms with Crippen LogP contribution >= 0.6 is 12.4 Å². The number of hydrogen-bond acceptors (Lipinski definition) is 1. The number of aliphatic hydroxyl groups is 1. The van der Waals surface area contributed by atoms with E-state index in [-0.39, 0.29) is 19.8 Å². The Balaban J connectivity index is -0.00000000500. The molecule has 0 aliphatic heterocycles. The van der Waals surface area contributed by atoms with Gasteiger partial charge in [0, 0.05) is 7.11 Å². The minimum absolute atomic E-state index is 0. The first-order valence-corrected chi connectivity index (χ1v) is 0.447. The van der Waals surface area contributed by atoms with Gasteiger partial charge in [0.2, 0.25) is 0 Å². The Morgan fingerprint density at radius 2 is 1.25 bits per heavy atom. The minimum atomic E-state index is 0. The van der Waals surface area contributed by atoms with E-state index in [9.17, 15) is 0 Å². The lowest BCUT2D eigenvalue weighted by Gasteiger charge is -1.21. The molecule has 0 spiro atoms. The van der Waals surface area contributed by atoms with Crippen LogP contribution in [0.15, 0.2) is 0 Å². The lowest BCUT2D eigenvalue weighted by molar-refractivity contribution is 0.399. The smallest absolute Gasteiger partial charge is 0.0319 e. The van der Waals surface area contributed by atoms with Crippen molar-refractivity contribution in [2.45, 2.75) is 7.43 Å². The lowest BCUT2D eigenvalue weighted by Crippen LogP contribution is -1.25. The summed E-state index contributed by atoms with van der Waals surface area (Å²) in [5, 5.41) is 7.00. The Morgan fingerprint density at radius 3 is 1.25 bits per heavy atom. The van der Waals surface area contributed by atoms with Crippen LogP contribution in [0.1, 0.15) is 7.43 Å². The van der Waals surface area contributed by atoms with E-state index in [2.05, 4.69) is 0 Å². The predicted octanol–water partition coefficient (Wildman–Crippen LogP) is 0.666. The van der Waals surface area contributed by atoms with Gasteiger partial charge in [0.1, 0.15) is 0 Å². The van der Waals surface area contributed by atoms with Gasteiger partial charge in [0.05, 0.1) is 0 Å². The van der Waals surface area contributed by atoms with Crippen molar-refractivity contribution < 1.29 is 5.11 Å². The quantitative estimate of drug-likeness (QED) is 0.457. The number of aliphatic hydroxyl groups excluding tert-OH is 1. The van der Waals surface area contributed by atoms with Crippen molar-refractivity contribution in [1.82, 2.24) is 0 Å². The zero-order valence-corrected chi connectivity index (χ0v) is 2.67.